The van der Waals surface area contributed by atoms with Crippen LogP contribution in [0.5, 0.6) is 0 Å². The standard InChI is InChI=1S/C14H11ClN4O4/c15-12-7-10(19(22)23)4-5-11(12)13(20)17-8-2-1-3-9(6-8)18-14(16)21/h1-7H,(H,17,20)(H3,16,18,21). The van der Waals surface area contributed by atoms with E-state index in [9.17, 15) is 19.7 Å². The molecule has 0 radical (unpaired) electrons. The van der Waals surface area contributed by atoms with Crippen LogP contribution in [0.3, 0.4) is 0 Å². The molecule has 0 aliphatic rings. The number of nitrogens with zero attached hydrogens (tertiary/aromatic N) is 1. The molecule has 118 valence electrons. The Labute approximate surface area is 135 Å². The average Bonchev–Trinajstić information content (AvgIpc) is 2.46. The van der Waals surface area contributed by atoms with E-state index in [4.69, 9.17) is 17.3 Å². The zero-order valence-electron chi connectivity index (χ0n) is 11.6. The highest BCUT2D eigenvalue weighted by molar-refractivity contribution is 6.34. The minimum absolute atomic E-state index is 0.0388. The molecule has 0 aliphatic carbocycles. The molecule has 8 nitrogen and oxygen atoms in total. The highest BCUT2D eigenvalue weighted by atomic mass is 35.5. The van der Waals surface area contributed by atoms with Crippen LogP contribution >= 0.6 is 11.6 Å². The van der Waals surface area contributed by atoms with E-state index in [0.29, 0.717) is 11.4 Å². The fraction of sp³-hybridized carbons (Fsp3) is 0. The monoisotopic (exact) mass is 334 g/mol. The Bertz CT molecular complexity index is 794. The van der Waals surface area contributed by atoms with Gasteiger partial charge in [-0.2, -0.15) is 0 Å². The Hall–Kier alpha value is -3.13. The molecular formula is C14H11ClN4O4. The first-order valence-electron chi connectivity index (χ1n) is 6.28. The van der Waals surface area contributed by atoms with Gasteiger partial charge >= 0.3 is 6.03 Å². The van der Waals surface area contributed by atoms with Crippen LogP contribution in [-0.4, -0.2) is 16.9 Å². The van der Waals surface area contributed by atoms with E-state index in [0.717, 1.165) is 6.07 Å². The molecule has 0 aliphatic heterocycles. The Morgan fingerprint density at radius 2 is 1.74 bits per heavy atom. The number of hydrogen-bond acceptors (Lipinski definition) is 4. The van der Waals surface area contributed by atoms with Gasteiger partial charge in [-0.15, -0.1) is 0 Å². The number of nitrogens with two attached hydrogens (primary N) is 1. The van der Waals surface area contributed by atoms with Crippen LogP contribution in [0, 0.1) is 10.1 Å². The van der Waals surface area contributed by atoms with Crippen LogP contribution in [0.4, 0.5) is 21.9 Å². The summed E-state index contributed by atoms with van der Waals surface area (Å²) in [6.45, 7) is 0. The molecule has 0 fully saturated rings. The van der Waals surface area contributed by atoms with Crippen LogP contribution < -0.4 is 16.4 Å². The maximum atomic E-state index is 12.2. The largest absolute Gasteiger partial charge is 0.351 e. The van der Waals surface area contributed by atoms with Crippen molar-refractivity contribution in [3.63, 3.8) is 0 Å². The topological polar surface area (TPSA) is 127 Å². The van der Waals surface area contributed by atoms with Gasteiger partial charge in [-0.05, 0) is 24.3 Å². The number of nitro benzene ring substituents is 1. The van der Waals surface area contributed by atoms with Crippen molar-refractivity contribution in [1.82, 2.24) is 0 Å². The Balaban J connectivity index is 2.19. The average molecular weight is 335 g/mol. The van der Waals surface area contributed by atoms with E-state index in [1.807, 2.05) is 0 Å². The molecule has 0 saturated heterocycles. The number of amides is 3. The van der Waals surface area contributed by atoms with Crippen LogP contribution in [0.2, 0.25) is 5.02 Å². The molecule has 3 amide bonds. The molecule has 2 aromatic rings. The molecule has 2 rings (SSSR count). The minimum Gasteiger partial charge on any atom is -0.351 e. The molecule has 2 aromatic carbocycles. The number of nitrogens with one attached hydrogen (secondary N) is 2. The van der Waals surface area contributed by atoms with E-state index >= 15 is 0 Å². The highest BCUT2D eigenvalue weighted by Crippen LogP contribution is 2.24. The molecule has 23 heavy (non-hydrogen) atoms. The molecule has 0 heterocycles. The summed E-state index contributed by atoms with van der Waals surface area (Å²) in [6.07, 6.45) is 0. The van der Waals surface area contributed by atoms with Crippen molar-refractivity contribution in [1.29, 1.82) is 0 Å². The van der Waals surface area contributed by atoms with Crippen LogP contribution in [0.15, 0.2) is 42.5 Å². The molecular weight excluding hydrogens is 324 g/mol. The van der Waals surface area contributed by atoms with Crippen molar-refractivity contribution >= 4 is 40.6 Å². The van der Waals surface area contributed by atoms with Gasteiger partial charge in [-0.1, -0.05) is 17.7 Å². The number of non-ortho nitro benzene ring substituents is 1. The van der Waals surface area contributed by atoms with Gasteiger partial charge in [0.15, 0.2) is 0 Å². The fourth-order valence-corrected chi connectivity index (χ4v) is 2.08. The maximum Gasteiger partial charge on any atom is 0.316 e. The third-order valence-electron chi connectivity index (χ3n) is 2.80. The third kappa shape index (κ3) is 4.17. The molecule has 9 heteroatoms. The van der Waals surface area contributed by atoms with Crippen LogP contribution in [-0.2, 0) is 0 Å². The second-order valence-electron chi connectivity index (χ2n) is 4.45. The summed E-state index contributed by atoms with van der Waals surface area (Å²) in [5.74, 6) is -0.541. The highest BCUT2D eigenvalue weighted by Gasteiger charge is 2.15. The first-order valence-corrected chi connectivity index (χ1v) is 6.66. The number of halogens is 1. The molecule has 0 aromatic heterocycles. The zero-order chi connectivity index (χ0) is 17.0. The molecule has 0 unspecified atom stereocenters. The van der Waals surface area contributed by atoms with E-state index < -0.39 is 16.9 Å². The predicted molar refractivity (Wildman–Crippen MR) is 85.7 cm³/mol. The lowest BCUT2D eigenvalue weighted by molar-refractivity contribution is -0.384. The zero-order valence-corrected chi connectivity index (χ0v) is 12.3. The molecule has 0 spiro atoms. The van der Waals surface area contributed by atoms with Crippen molar-refractivity contribution in [3.8, 4) is 0 Å². The summed E-state index contributed by atoms with van der Waals surface area (Å²) in [7, 11) is 0. The van der Waals surface area contributed by atoms with Crippen LogP contribution in [0.1, 0.15) is 10.4 Å². The first kappa shape index (κ1) is 16.2. The first-order chi connectivity index (χ1) is 10.9. The van der Waals surface area contributed by atoms with Crippen molar-refractivity contribution in [3.05, 3.63) is 63.2 Å². The van der Waals surface area contributed by atoms with Gasteiger partial charge in [0, 0.05) is 23.5 Å². The van der Waals surface area contributed by atoms with Gasteiger partial charge in [0.1, 0.15) is 0 Å². The lowest BCUT2D eigenvalue weighted by Crippen LogP contribution is -2.19. The van der Waals surface area contributed by atoms with Gasteiger partial charge in [-0.3, -0.25) is 14.9 Å². The van der Waals surface area contributed by atoms with Crippen molar-refractivity contribution < 1.29 is 14.5 Å². The Kier molecular flexibility index (Phi) is 4.77. The predicted octanol–water partition coefficient (Wildman–Crippen LogP) is 2.99. The second kappa shape index (κ2) is 6.75. The summed E-state index contributed by atoms with van der Waals surface area (Å²) < 4.78 is 0. The number of benzene rings is 2. The molecule has 0 saturated carbocycles. The van der Waals surface area contributed by atoms with Gasteiger partial charge in [0.25, 0.3) is 11.6 Å². The van der Waals surface area contributed by atoms with Gasteiger partial charge in [-0.25, -0.2) is 4.79 Å². The fourth-order valence-electron chi connectivity index (χ4n) is 1.82. The number of primary amides is 1. The number of carbonyl (C=O) groups excluding carboxylic acids is 2. The molecule has 0 atom stereocenters. The number of carbonyl (C=O) groups is 2. The quantitative estimate of drug-likeness (QED) is 0.586. The lowest BCUT2D eigenvalue weighted by Gasteiger charge is -2.08. The molecule has 0 bridgehead atoms. The van der Waals surface area contributed by atoms with Crippen LogP contribution in [0.25, 0.3) is 0 Å². The van der Waals surface area contributed by atoms with Crippen molar-refractivity contribution in [2.75, 3.05) is 10.6 Å². The second-order valence-corrected chi connectivity index (χ2v) is 4.85. The maximum absolute atomic E-state index is 12.2. The van der Waals surface area contributed by atoms with Crippen molar-refractivity contribution in [2.24, 2.45) is 5.73 Å². The van der Waals surface area contributed by atoms with E-state index in [-0.39, 0.29) is 16.3 Å². The third-order valence-corrected chi connectivity index (χ3v) is 3.11. The van der Waals surface area contributed by atoms with Gasteiger partial charge in [0.2, 0.25) is 0 Å². The summed E-state index contributed by atoms with van der Waals surface area (Å²) in [5, 5.41) is 15.6. The normalized spacial score (nSPS) is 9.96. The lowest BCUT2D eigenvalue weighted by atomic mass is 10.2. The number of anilines is 2. The van der Waals surface area contributed by atoms with E-state index in [1.165, 1.54) is 18.2 Å². The smallest absolute Gasteiger partial charge is 0.316 e. The number of urea groups is 1. The summed E-state index contributed by atoms with van der Waals surface area (Å²) in [6, 6.07) is 9.13. The number of hydrogen-bond donors (Lipinski definition) is 3. The van der Waals surface area contributed by atoms with E-state index in [2.05, 4.69) is 10.6 Å². The number of rotatable bonds is 4. The Morgan fingerprint density at radius 1 is 1.09 bits per heavy atom. The molecule has 4 N–H and O–H groups in total. The Morgan fingerprint density at radius 3 is 2.30 bits per heavy atom. The van der Waals surface area contributed by atoms with Gasteiger partial charge < -0.3 is 16.4 Å². The summed E-state index contributed by atoms with van der Waals surface area (Å²) in [4.78, 5) is 33.0. The summed E-state index contributed by atoms with van der Waals surface area (Å²) in [5.41, 5.74) is 5.70. The SMILES string of the molecule is NC(=O)Nc1cccc(NC(=O)c2ccc([N+](=O)[O-])cc2Cl)c1. The minimum atomic E-state index is -0.730. The van der Waals surface area contributed by atoms with E-state index in [1.54, 1.807) is 18.2 Å². The summed E-state index contributed by atoms with van der Waals surface area (Å²) >= 11 is 5.90. The van der Waals surface area contributed by atoms with Crippen molar-refractivity contribution in [2.45, 2.75) is 0 Å². The number of nitro groups is 1. The van der Waals surface area contributed by atoms with Gasteiger partial charge in [0.05, 0.1) is 15.5 Å².